The van der Waals surface area contributed by atoms with Crippen LogP contribution in [-0.4, -0.2) is 48.1 Å². The lowest BCUT2D eigenvalue weighted by atomic mass is 9.99. The monoisotopic (exact) mass is 351 g/mol. The molecule has 6 nitrogen and oxygen atoms in total. The molecule has 1 aliphatic rings. The SMILES string of the molecule is CN=C(NCc1ccnc(C)n1)N1CC=C(c2cccc(OC)c2)CC1. The number of nitrogens with zero attached hydrogens (tertiary/aromatic N) is 4. The topological polar surface area (TPSA) is 62.6 Å². The van der Waals surface area contributed by atoms with Crippen LogP contribution in [0.5, 0.6) is 5.75 Å². The van der Waals surface area contributed by atoms with Gasteiger partial charge in [0.2, 0.25) is 0 Å². The first kappa shape index (κ1) is 17.9. The predicted molar refractivity (Wildman–Crippen MR) is 104 cm³/mol. The second-order valence-corrected chi connectivity index (χ2v) is 6.15. The van der Waals surface area contributed by atoms with Crippen molar-refractivity contribution in [3.05, 3.63) is 59.7 Å². The van der Waals surface area contributed by atoms with E-state index in [4.69, 9.17) is 4.74 Å². The molecule has 0 atom stereocenters. The zero-order valence-corrected chi connectivity index (χ0v) is 15.6. The minimum absolute atomic E-state index is 0.638. The molecule has 2 heterocycles. The highest BCUT2D eigenvalue weighted by molar-refractivity contribution is 5.81. The van der Waals surface area contributed by atoms with Gasteiger partial charge in [-0.3, -0.25) is 4.99 Å². The van der Waals surface area contributed by atoms with E-state index in [0.717, 1.165) is 42.7 Å². The van der Waals surface area contributed by atoms with Crippen LogP contribution < -0.4 is 10.1 Å². The van der Waals surface area contributed by atoms with Gasteiger partial charge in [-0.2, -0.15) is 0 Å². The lowest BCUT2D eigenvalue weighted by Crippen LogP contribution is -2.43. The maximum atomic E-state index is 5.33. The molecule has 0 fully saturated rings. The molecule has 26 heavy (non-hydrogen) atoms. The van der Waals surface area contributed by atoms with Crippen LogP contribution in [0.1, 0.15) is 23.5 Å². The molecule has 3 rings (SSSR count). The highest BCUT2D eigenvalue weighted by Crippen LogP contribution is 2.25. The largest absolute Gasteiger partial charge is 0.497 e. The number of aryl methyl sites for hydroxylation is 1. The fraction of sp³-hybridized carbons (Fsp3) is 0.350. The maximum absolute atomic E-state index is 5.33. The molecule has 2 aromatic rings. The molecule has 1 aromatic heterocycles. The number of methoxy groups -OCH3 is 1. The van der Waals surface area contributed by atoms with Gasteiger partial charge < -0.3 is 15.0 Å². The maximum Gasteiger partial charge on any atom is 0.194 e. The van der Waals surface area contributed by atoms with Crippen LogP contribution in [0.25, 0.3) is 5.57 Å². The van der Waals surface area contributed by atoms with Crippen LogP contribution >= 0.6 is 0 Å². The predicted octanol–water partition coefficient (Wildman–Crippen LogP) is 2.66. The molecule has 0 saturated heterocycles. The second-order valence-electron chi connectivity index (χ2n) is 6.15. The third kappa shape index (κ3) is 4.39. The summed E-state index contributed by atoms with van der Waals surface area (Å²) in [6, 6.07) is 10.1. The zero-order chi connectivity index (χ0) is 18.4. The number of aromatic nitrogens is 2. The Hall–Kier alpha value is -2.89. The minimum atomic E-state index is 0.638. The van der Waals surface area contributed by atoms with Crippen LogP contribution in [0.2, 0.25) is 0 Å². The Morgan fingerprint density at radius 1 is 1.35 bits per heavy atom. The van der Waals surface area contributed by atoms with E-state index in [-0.39, 0.29) is 0 Å². The fourth-order valence-corrected chi connectivity index (χ4v) is 3.05. The Labute approximate surface area is 154 Å². The number of guanidine groups is 1. The highest BCUT2D eigenvalue weighted by Gasteiger charge is 2.16. The molecule has 1 N–H and O–H groups in total. The molecule has 0 amide bonds. The number of nitrogens with one attached hydrogen (secondary N) is 1. The molecule has 0 bridgehead atoms. The number of benzene rings is 1. The molecular formula is C20H25N5O. The number of aliphatic imine (C=N–C) groups is 1. The first-order valence-corrected chi connectivity index (χ1v) is 8.77. The quantitative estimate of drug-likeness (QED) is 0.678. The van der Waals surface area contributed by atoms with Crippen LogP contribution in [0.4, 0.5) is 0 Å². The molecule has 1 aliphatic heterocycles. The van der Waals surface area contributed by atoms with E-state index in [9.17, 15) is 0 Å². The fourth-order valence-electron chi connectivity index (χ4n) is 3.05. The average Bonchev–Trinajstić information content (AvgIpc) is 2.69. The third-order valence-electron chi connectivity index (χ3n) is 4.42. The standard InChI is InChI=1S/C20H25N5O/c1-15-22-10-7-18(24-15)14-23-20(21-2)25-11-8-16(9-12-25)17-5-4-6-19(13-17)26-3/h4-8,10,13H,9,11-12,14H2,1-3H3,(H,21,23). The van der Waals surface area contributed by atoms with E-state index in [2.05, 4.69) is 43.4 Å². The number of hydrogen-bond acceptors (Lipinski definition) is 4. The van der Waals surface area contributed by atoms with E-state index >= 15 is 0 Å². The van der Waals surface area contributed by atoms with E-state index in [0.29, 0.717) is 6.54 Å². The van der Waals surface area contributed by atoms with Crippen LogP contribution in [-0.2, 0) is 6.54 Å². The smallest absolute Gasteiger partial charge is 0.194 e. The minimum Gasteiger partial charge on any atom is -0.497 e. The molecule has 0 radical (unpaired) electrons. The Morgan fingerprint density at radius 2 is 2.23 bits per heavy atom. The number of hydrogen-bond donors (Lipinski definition) is 1. The van der Waals surface area contributed by atoms with Crippen LogP contribution in [0.15, 0.2) is 47.6 Å². The van der Waals surface area contributed by atoms with E-state index < -0.39 is 0 Å². The first-order chi connectivity index (χ1) is 12.7. The third-order valence-corrected chi connectivity index (χ3v) is 4.42. The lowest BCUT2D eigenvalue weighted by Gasteiger charge is -2.29. The molecule has 6 heteroatoms. The summed E-state index contributed by atoms with van der Waals surface area (Å²) in [6.45, 7) is 4.29. The second kappa shape index (κ2) is 8.47. The molecule has 0 saturated carbocycles. The van der Waals surface area contributed by atoms with Crippen molar-refractivity contribution < 1.29 is 4.74 Å². The first-order valence-electron chi connectivity index (χ1n) is 8.77. The summed E-state index contributed by atoms with van der Waals surface area (Å²) in [7, 11) is 3.51. The van der Waals surface area contributed by atoms with Gasteiger partial charge in [0.25, 0.3) is 0 Å². The van der Waals surface area contributed by atoms with Gasteiger partial charge in [-0.05, 0) is 42.7 Å². The van der Waals surface area contributed by atoms with Crippen molar-refractivity contribution in [2.75, 3.05) is 27.2 Å². The van der Waals surface area contributed by atoms with Crippen molar-refractivity contribution in [3.63, 3.8) is 0 Å². The van der Waals surface area contributed by atoms with Crippen molar-refractivity contribution in [1.29, 1.82) is 0 Å². The molecule has 0 spiro atoms. The normalized spacial score (nSPS) is 14.8. The highest BCUT2D eigenvalue weighted by atomic mass is 16.5. The lowest BCUT2D eigenvalue weighted by molar-refractivity contribution is 0.414. The zero-order valence-electron chi connectivity index (χ0n) is 15.6. The number of rotatable bonds is 4. The van der Waals surface area contributed by atoms with Crippen LogP contribution in [0.3, 0.4) is 0 Å². The van der Waals surface area contributed by atoms with Crippen molar-refractivity contribution in [2.24, 2.45) is 4.99 Å². The number of ether oxygens (including phenoxy) is 1. The van der Waals surface area contributed by atoms with Crippen LogP contribution in [0, 0.1) is 6.92 Å². The van der Waals surface area contributed by atoms with E-state index in [1.807, 2.05) is 32.2 Å². The Morgan fingerprint density at radius 3 is 2.92 bits per heavy atom. The van der Waals surface area contributed by atoms with Gasteiger partial charge >= 0.3 is 0 Å². The molecular weight excluding hydrogens is 326 g/mol. The van der Waals surface area contributed by atoms with Crippen molar-refractivity contribution >= 4 is 11.5 Å². The van der Waals surface area contributed by atoms with Gasteiger partial charge in [0.05, 0.1) is 19.3 Å². The average molecular weight is 351 g/mol. The Kier molecular flexibility index (Phi) is 5.84. The van der Waals surface area contributed by atoms with Crippen molar-refractivity contribution in [2.45, 2.75) is 19.9 Å². The van der Waals surface area contributed by atoms with Gasteiger partial charge in [0, 0.05) is 26.3 Å². The van der Waals surface area contributed by atoms with Gasteiger partial charge in [-0.25, -0.2) is 9.97 Å². The van der Waals surface area contributed by atoms with Crippen molar-refractivity contribution in [1.82, 2.24) is 20.2 Å². The summed E-state index contributed by atoms with van der Waals surface area (Å²) >= 11 is 0. The summed E-state index contributed by atoms with van der Waals surface area (Å²) in [5.74, 6) is 2.56. The summed E-state index contributed by atoms with van der Waals surface area (Å²) in [5, 5.41) is 3.39. The van der Waals surface area contributed by atoms with E-state index in [1.165, 1.54) is 11.1 Å². The molecule has 1 aromatic carbocycles. The van der Waals surface area contributed by atoms with Crippen molar-refractivity contribution in [3.8, 4) is 5.75 Å². The Bertz CT molecular complexity index is 815. The van der Waals surface area contributed by atoms with Gasteiger partial charge in [-0.1, -0.05) is 18.2 Å². The summed E-state index contributed by atoms with van der Waals surface area (Å²) in [6.07, 6.45) is 5.02. The van der Waals surface area contributed by atoms with Gasteiger partial charge in [0.1, 0.15) is 11.6 Å². The van der Waals surface area contributed by atoms with Gasteiger partial charge in [0.15, 0.2) is 5.96 Å². The Balaban J connectivity index is 1.62. The van der Waals surface area contributed by atoms with E-state index in [1.54, 1.807) is 13.3 Å². The summed E-state index contributed by atoms with van der Waals surface area (Å²) in [4.78, 5) is 15.2. The van der Waals surface area contributed by atoms with Gasteiger partial charge in [-0.15, -0.1) is 0 Å². The molecule has 0 aliphatic carbocycles. The summed E-state index contributed by atoms with van der Waals surface area (Å²) < 4.78 is 5.33. The summed E-state index contributed by atoms with van der Waals surface area (Å²) in [5.41, 5.74) is 3.54. The molecule has 136 valence electrons. The molecule has 0 unspecified atom stereocenters.